The van der Waals surface area contributed by atoms with E-state index in [-0.39, 0.29) is 15.8 Å². The molecular weight excluding hydrogens is 340 g/mol. The lowest BCUT2D eigenvalue weighted by Crippen LogP contribution is -2.40. The molecular formula is C18H20N2O4S. The maximum atomic E-state index is 12.7. The Morgan fingerprint density at radius 1 is 1.08 bits per heavy atom. The Hall–Kier alpha value is -2.25. The van der Waals surface area contributed by atoms with Gasteiger partial charge in [-0.25, -0.2) is 13.4 Å². The number of ether oxygens (including phenoxy) is 1. The van der Waals surface area contributed by atoms with Gasteiger partial charge in [-0.15, -0.1) is 0 Å². The third kappa shape index (κ3) is 3.57. The molecule has 1 aromatic heterocycles. The molecule has 0 atom stereocenters. The highest BCUT2D eigenvalue weighted by Crippen LogP contribution is 2.22. The van der Waals surface area contributed by atoms with Crippen molar-refractivity contribution in [2.24, 2.45) is 0 Å². The van der Waals surface area contributed by atoms with Crippen molar-refractivity contribution in [1.29, 1.82) is 0 Å². The van der Waals surface area contributed by atoms with Crippen LogP contribution in [0.5, 0.6) is 0 Å². The molecule has 0 aliphatic carbocycles. The van der Waals surface area contributed by atoms with Crippen LogP contribution in [0.15, 0.2) is 46.5 Å². The van der Waals surface area contributed by atoms with Gasteiger partial charge in [0.1, 0.15) is 0 Å². The van der Waals surface area contributed by atoms with Crippen molar-refractivity contribution < 1.29 is 17.9 Å². The van der Waals surface area contributed by atoms with Crippen LogP contribution in [0.3, 0.4) is 0 Å². The fraction of sp³-hybridized carbons (Fsp3) is 0.333. The minimum atomic E-state index is -3.70. The van der Waals surface area contributed by atoms with Crippen molar-refractivity contribution in [3.8, 4) is 0 Å². The minimum Gasteiger partial charge on any atom is -0.378 e. The zero-order valence-electron chi connectivity index (χ0n) is 14.2. The molecule has 0 bridgehead atoms. The van der Waals surface area contributed by atoms with Gasteiger partial charge in [-0.2, -0.15) is 0 Å². The second-order valence-electron chi connectivity index (χ2n) is 6.04. The van der Waals surface area contributed by atoms with Crippen LogP contribution in [0.2, 0.25) is 0 Å². The van der Waals surface area contributed by atoms with E-state index in [2.05, 4.69) is 4.98 Å². The average Bonchev–Trinajstić information content (AvgIpc) is 2.64. The first-order valence-corrected chi connectivity index (χ1v) is 9.53. The molecule has 1 aromatic carbocycles. The van der Waals surface area contributed by atoms with E-state index < -0.39 is 9.84 Å². The number of carbonyl (C=O) groups excluding carboxylic acids is 1. The van der Waals surface area contributed by atoms with Crippen molar-refractivity contribution in [2.75, 3.05) is 26.3 Å². The molecule has 1 aliphatic rings. The number of hydrogen-bond donors (Lipinski definition) is 0. The summed E-state index contributed by atoms with van der Waals surface area (Å²) in [4.78, 5) is 18.3. The number of aryl methyl sites for hydroxylation is 2. The van der Waals surface area contributed by atoms with Crippen LogP contribution in [-0.2, 0) is 14.6 Å². The summed E-state index contributed by atoms with van der Waals surface area (Å²) in [5, 5.41) is -0.0609. The van der Waals surface area contributed by atoms with Gasteiger partial charge < -0.3 is 9.64 Å². The summed E-state index contributed by atoms with van der Waals surface area (Å²) in [7, 11) is -3.70. The Morgan fingerprint density at radius 2 is 1.80 bits per heavy atom. The smallest absolute Gasteiger partial charge is 0.255 e. The van der Waals surface area contributed by atoms with Gasteiger partial charge in [0.25, 0.3) is 5.91 Å². The quantitative estimate of drug-likeness (QED) is 0.837. The van der Waals surface area contributed by atoms with E-state index in [9.17, 15) is 13.2 Å². The van der Waals surface area contributed by atoms with E-state index in [0.717, 1.165) is 11.1 Å². The van der Waals surface area contributed by atoms with Crippen LogP contribution in [0, 0.1) is 13.8 Å². The first-order chi connectivity index (χ1) is 11.9. The monoisotopic (exact) mass is 360 g/mol. The molecule has 2 aromatic rings. The number of carbonyl (C=O) groups is 1. The number of morpholine rings is 1. The number of sulfone groups is 1. The number of aromatic nitrogens is 1. The van der Waals surface area contributed by atoms with Crippen molar-refractivity contribution in [3.63, 3.8) is 0 Å². The Balaban J connectivity index is 1.85. The highest BCUT2D eigenvalue weighted by atomic mass is 32.2. The van der Waals surface area contributed by atoms with E-state index in [1.54, 1.807) is 23.1 Å². The lowest BCUT2D eigenvalue weighted by molar-refractivity contribution is 0.0302. The standard InChI is InChI=1S/C18H20N2O4S/c1-13-3-5-16(11-14(13)2)25(22,23)17-6-4-15(12-19-17)18(21)20-7-9-24-10-8-20/h3-6,11-12H,7-10H2,1-2H3. The van der Waals surface area contributed by atoms with Crippen LogP contribution < -0.4 is 0 Å². The molecule has 132 valence electrons. The van der Waals surface area contributed by atoms with E-state index in [0.29, 0.717) is 31.9 Å². The fourth-order valence-corrected chi connectivity index (χ4v) is 3.88. The molecule has 25 heavy (non-hydrogen) atoms. The summed E-state index contributed by atoms with van der Waals surface area (Å²) in [6, 6.07) is 7.89. The molecule has 0 unspecified atom stereocenters. The fourth-order valence-electron chi connectivity index (χ4n) is 2.62. The lowest BCUT2D eigenvalue weighted by atomic mass is 10.1. The summed E-state index contributed by atoms with van der Waals surface area (Å²) < 4.78 is 30.6. The number of nitrogens with zero attached hydrogens (tertiary/aromatic N) is 2. The first-order valence-electron chi connectivity index (χ1n) is 8.05. The van der Waals surface area contributed by atoms with E-state index in [4.69, 9.17) is 4.74 Å². The predicted molar refractivity (Wildman–Crippen MR) is 92.3 cm³/mol. The summed E-state index contributed by atoms with van der Waals surface area (Å²) in [6.45, 7) is 5.88. The van der Waals surface area contributed by atoms with Crippen LogP contribution in [0.4, 0.5) is 0 Å². The van der Waals surface area contributed by atoms with Gasteiger partial charge >= 0.3 is 0 Å². The van der Waals surface area contributed by atoms with Crippen LogP contribution in [0.1, 0.15) is 21.5 Å². The molecule has 0 spiro atoms. The third-order valence-electron chi connectivity index (χ3n) is 4.35. The maximum Gasteiger partial charge on any atom is 0.255 e. The summed E-state index contributed by atoms with van der Waals surface area (Å²) in [6.07, 6.45) is 1.33. The predicted octanol–water partition coefficient (Wildman–Crippen LogP) is 2.00. The molecule has 1 aliphatic heterocycles. The Labute approximate surface area is 147 Å². The van der Waals surface area contributed by atoms with E-state index in [1.165, 1.54) is 18.3 Å². The molecule has 1 amide bonds. The summed E-state index contributed by atoms with van der Waals surface area (Å²) >= 11 is 0. The molecule has 0 radical (unpaired) electrons. The number of amides is 1. The third-order valence-corrected chi connectivity index (χ3v) is 6.01. The number of hydrogen-bond acceptors (Lipinski definition) is 5. The number of rotatable bonds is 3. The largest absolute Gasteiger partial charge is 0.378 e. The molecule has 0 saturated carbocycles. The molecule has 7 heteroatoms. The minimum absolute atomic E-state index is 0.0609. The molecule has 2 heterocycles. The van der Waals surface area contributed by atoms with Crippen LogP contribution >= 0.6 is 0 Å². The van der Waals surface area contributed by atoms with Gasteiger partial charge in [0, 0.05) is 19.3 Å². The van der Waals surface area contributed by atoms with E-state index >= 15 is 0 Å². The van der Waals surface area contributed by atoms with Crippen molar-refractivity contribution >= 4 is 15.7 Å². The first kappa shape index (κ1) is 17.6. The lowest BCUT2D eigenvalue weighted by Gasteiger charge is -2.26. The molecule has 1 saturated heterocycles. The number of pyridine rings is 1. The van der Waals surface area contributed by atoms with E-state index in [1.807, 2.05) is 13.8 Å². The molecule has 1 fully saturated rings. The van der Waals surface area contributed by atoms with Crippen molar-refractivity contribution in [3.05, 3.63) is 53.2 Å². The zero-order valence-corrected chi connectivity index (χ0v) is 15.0. The number of benzene rings is 1. The second-order valence-corrected chi connectivity index (χ2v) is 7.94. The molecule has 6 nitrogen and oxygen atoms in total. The Kier molecular flexibility index (Phi) is 4.87. The van der Waals surface area contributed by atoms with Crippen molar-refractivity contribution in [1.82, 2.24) is 9.88 Å². The second kappa shape index (κ2) is 6.93. The van der Waals surface area contributed by atoms with Gasteiger partial charge in [-0.3, -0.25) is 4.79 Å². The normalized spacial score (nSPS) is 15.2. The molecule has 3 rings (SSSR count). The Morgan fingerprint density at radius 3 is 2.40 bits per heavy atom. The van der Waals surface area contributed by atoms with Crippen molar-refractivity contribution in [2.45, 2.75) is 23.8 Å². The Bertz CT molecular complexity index is 886. The highest BCUT2D eigenvalue weighted by Gasteiger charge is 2.22. The SMILES string of the molecule is Cc1ccc(S(=O)(=O)c2ccc(C(=O)N3CCOCC3)cn2)cc1C. The van der Waals surface area contributed by atoms with Gasteiger partial charge in [0.05, 0.1) is 23.7 Å². The summed E-state index contributed by atoms with van der Waals surface area (Å²) in [5.41, 5.74) is 2.31. The van der Waals surface area contributed by atoms with Gasteiger partial charge in [-0.1, -0.05) is 6.07 Å². The summed E-state index contributed by atoms with van der Waals surface area (Å²) in [5.74, 6) is -0.161. The van der Waals surface area contributed by atoms with Crippen LogP contribution in [0.25, 0.3) is 0 Å². The maximum absolute atomic E-state index is 12.7. The highest BCUT2D eigenvalue weighted by molar-refractivity contribution is 7.91. The van der Waals surface area contributed by atoms with Gasteiger partial charge in [0.2, 0.25) is 9.84 Å². The van der Waals surface area contributed by atoms with Crippen LogP contribution in [-0.4, -0.2) is 50.5 Å². The van der Waals surface area contributed by atoms with Gasteiger partial charge in [-0.05, 0) is 49.2 Å². The topological polar surface area (TPSA) is 76.6 Å². The zero-order chi connectivity index (χ0) is 18.0. The average molecular weight is 360 g/mol. The molecule has 0 N–H and O–H groups in total. The van der Waals surface area contributed by atoms with Gasteiger partial charge in [0.15, 0.2) is 5.03 Å².